The molecule has 0 saturated carbocycles. The van der Waals surface area contributed by atoms with Gasteiger partial charge in [0.1, 0.15) is 11.8 Å². The molecule has 0 saturated heterocycles. The van der Waals surface area contributed by atoms with Crippen molar-refractivity contribution in [1.82, 2.24) is 10.2 Å². The Kier molecular flexibility index (Phi) is 6.26. The van der Waals surface area contributed by atoms with Crippen LogP contribution in [0.2, 0.25) is 0 Å². The fourth-order valence-electron chi connectivity index (χ4n) is 2.82. The molecule has 0 spiro atoms. The number of hydrogen-bond donors (Lipinski definition) is 1. The number of esters is 1. The van der Waals surface area contributed by atoms with E-state index in [2.05, 4.69) is 5.32 Å². The van der Waals surface area contributed by atoms with Gasteiger partial charge in [0.2, 0.25) is 5.91 Å². The van der Waals surface area contributed by atoms with Gasteiger partial charge < -0.3 is 14.8 Å². The summed E-state index contributed by atoms with van der Waals surface area (Å²) in [5, 5.41) is 2.47. The largest absolute Gasteiger partial charge is 0.497 e. The van der Waals surface area contributed by atoms with E-state index in [0.717, 1.165) is 10.5 Å². The lowest BCUT2D eigenvalue weighted by Gasteiger charge is -2.16. The van der Waals surface area contributed by atoms with E-state index in [-0.39, 0.29) is 11.1 Å². The van der Waals surface area contributed by atoms with Gasteiger partial charge in [-0.3, -0.25) is 14.4 Å². The number of rotatable bonds is 7. The second-order valence-corrected chi connectivity index (χ2v) is 6.51. The lowest BCUT2D eigenvalue weighted by atomic mass is 10.1. The molecule has 1 atom stereocenters. The van der Waals surface area contributed by atoms with E-state index in [4.69, 9.17) is 9.47 Å². The molecule has 1 aliphatic rings. The number of amides is 3. The van der Waals surface area contributed by atoms with Crippen LogP contribution < -0.4 is 10.1 Å². The van der Waals surface area contributed by atoms with E-state index in [0.29, 0.717) is 5.75 Å². The van der Waals surface area contributed by atoms with Crippen molar-refractivity contribution in [3.05, 3.63) is 71.3 Å². The SMILES string of the molecule is COc1ccc(/C=C/C(=O)N[C@H](C)C(=O)OCN2C(=O)c3ccccc3C2=O)cc1. The Labute approximate surface area is 173 Å². The van der Waals surface area contributed by atoms with Crippen LogP contribution >= 0.6 is 0 Å². The Morgan fingerprint density at radius 3 is 2.20 bits per heavy atom. The first-order chi connectivity index (χ1) is 14.4. The van der Waals surface area contributed by atoms with Crippen LogP contribution in [0.25, 0.3) is 6.08 Å². The second kappa shape index (κ2) is 9.04. The summed E-state index contributed by atoms with van der Waals surface area (Å²) in [6.07, 6.45) is 2.88. The summed E-state index contributed by atoms with van der Waals surface area (Å²) < 4.78 is 10.1. The normalized spacial score (nSPS) is 13.9. The molecule has 154 valence electrons. The summed E-state index contributed by atoms with van der Waals surface area (Å²) in [6, 6.07) is 12.5. The van der Waals surface area contributed by atoms with Crippen LogP contribution in [-0.4, -0.2) is 48.5 Å². The number of hydrogen-bond acceptors (Lipinski definition) is 6. The Morgan fingerprint density at radius 2 is 1.63 bits per heavy atom. The van der Waals surface area contributed by atoms with Gasteiger partial charge >= 0.3 is 5.97 Å². The molecule has 0 aromatic heterocycles. The summed E-state index contributed by atoms with van der Waals surface area (Å²) in [6.45, 7) is 0.927. The Bertz CT molecular complexity index is 978. The zero-order valence-corrected chi connectivity index (χ0v) is 16.5. The van der Waals surface area contributed by atoms with Crippen LogP contribution in [0, 0.1) is 0 Å². The molecular formula is C22H20N2O6. The highest BCUT2D eigenvalue weighted by molar-refractivity contribution is 6.21. The number of carbonyl (C=O) groups is 4. The van der Waals surface area contributed by atoms with E-state index in [1.165, 1.54) is 25.1 Å². The molecule has 8 nitrogen and oxygen atoms in total. The molecule has 2 aromatic carbocycles. The molecule has 2 aromatic rings. The number of benzene rings is 2. The number of carbonyl (C=O) groups excluding carboxylic acids is 4. The zero-order chi connectivity index (χ0) is 21.7. The van der Waals surface area contributed by atoms with Gasteiger partial charge in [0.15, 0.2) is 6.73 Å². The molecule has 1 heterocycles. The van der Waals surface area contributed by atoms with E-state index >= 15 is 0 Å². The van der Waals surface area contributed by atoms with Crippen molar-refractivity contribution >= 4 is 29.8 Å². The number of fused-ring (bicyclic) bond motifs is 1. The van der Waals surface area contributed by atoms with Gasteiger partial charge in [-0.25, -0.2) is 9.69 Å². The van der Waals surface area contributed by atoms with Crippen LogP contribution in [0.15, 0.2) is 54.6 Å². The topological polar surface area (TPSA) is 102 Å². The van der Waals surface area contributed by atoms with Crippen LogP contribution in [0.1, 0.15) is 33.2 Å². The second-order valence-electron chi connectivity index (χ2n) is 6.51. The van der Waals surface area contributed by atoms with Gasteiger partial charge in [-0.05, 0) is 42.8 Å². The minimum atomic E-state index is -0.965. The molecule has 30 heavy (non-hydrogen) atoms. The summed E-state index contributed by atoms with van der Waals surface area (Å²) in [5.41, 5.74) is 1.32. The molecule has 0 bridgehead atoms. The lowest BCUT2D eigenvalue weighted by Crippen LogP contribution is -2.41. The van der Waals surface area contributed by atoms with Gasteiger partial charge in [-0.2, -0.15) is 0 Å². The van der Waals surface area contributed by atoms with Crippen LogP contribution in [0.4, 0.5) is 0 Å². The molecule has 1 N–H and O–H groups in total. The van der Waals surface area contributed by atoms with Crippen molar-refractivity contribution in [1.29, 1.82) is 0 Å². The first-order valence-corrected chi connectivity index (χ1v) is 9.15. The van der Waals surface area contributed by atoms with E-state index in [1.54, 1.807) is 49.6 Å². The minimum absolute atomic E-state index is 0.267. The monoisotopic (exact) mass is 408 g/mol. The van der Waals surface area contributed by atoms with Gasteiger partial charge in [0.05, 0.1) is 18.2 Å². The molecule has 0 aliphatic carbocycles. The number of ether oxygens (including phenoxy) is 2. The predicted octanol–water partition coefficient (Wildman–Crippen LogP) is 2.01. The van der Waals surface area contributed by atoms with Crippen LogP contribution in [-0.2, 0) is 14.3 Å². The maximum absolute atomic E-state index is 12.3. The average molecular weight is 408 g/mol. The van der Waals surface area contributed by atoms with E-state index in [9.17, 15) is 19.2 Å². The smallest absolute Gasteiger partial charge is 0.330 e. The lowest BCUT2D eigenvalue weighted by molar-refractivity contribution is -0.149. The summed E-state index contributed by atoms with van der Waals surface area (Å²) in [5.74, 6) is -1.61. The van der Waals surface area contributed by atoms with E-state index < -0.39 is 36.5 Å². The van der Waals surface area contributed by atoms with Crippen LogP contribution in [0.3, 0.4) is 0 Å². The third kappa shape index (κ3) is 4.54. The minimum Gasteiger partial charge on any atom is -0.497 e. The molecule has 0 fully saturated rings. The standard InChI is InChI=1S/C22H20N2O6/c1-14(23-19(25)12-9-15-7-10-16(29-2)11-8-15)22(28)30-13-24-20(26)17-5-3-4-6-18(17)21(24)27/h3-12,14H,13H2,1-2H3,(H,23,25)/b12-9+/t14-/m1/s1. The van der Waals surface area contributed by atoms with Gasteiger partial charge in [0, 0.05) is 6.08 Å². The zero-order valence-electron chi connectivity index (χ0n) is 16.5. The maximum Gasteiger partial charge on any atom is 0.330 e. The molecule has 1 aliphatic heterocycles. The quantitative estimate of drug-likeness (QED) is 0.427. The number of methoxy groups -OCH3 is 1. The Morgan fingerprint density at radius 1 is 1.03 bits per heavy atom. The first-order valence-electron chi connectivity index (χ1n) is 9.15. The molecule has 3 amide bonds. The fourth-order valence-corrected chi connectivity index (χ4v) is 2.82. The van der Waals surface area contributed by atoms with E-state index in [1.807, 2.05) is 0 Å². The third-order valence-electron chi connectivity index (χ3n) is 4.47. The Balaban J connectivity index is 1.50. The molecule has 3 rings (SSSR count). The first kappa shape index (κ1) is 20.8. The van der Waals surface area contributed by atoms with Gasteiger partial charge in [0.25, 0.3) is 11.8 Å². The Hall–Kier alpha value is -3.94. The van der Waals surface area contributed by atoms with Gasteiger partial charge in [-0.15, -0.1) is 0 Å². The number of nitrogens with zero attached hydrogens (tertiary/aromatic N) is 1. The van der Waals surface area contributed by atoms with Crippen LogP contribution in [0.5, 0.6) is 5.75 Å². The molecule has 0 radical (unpaired) electrons. The number of imide groups is 1. The van der Waals surface area contributed by atoms with Crippen molar-refractivity contribution < 1.29 is 28.7 Å². The van der Waals surface area contributed by atoms with Crippen molar-refractivity contribution in [3.8, 4) is 5.75 Å². The molecule has 0 unspecified atom stereocenters. The molecular weight excluding hydrogens is 388 g/mol. The average Bonchev–Trinajstić information content (AvgIpc) is 3.01. The summed E-state index contributed by atoms with van der Waals surface area (Å²) in [7, 11) is 1.56. The highest BCUT2D eigenvalue weighted by Crippen LogP contribution is 2.22. The summed E-state index contributed by atoms with van der Waals surface area (Å²) in [4.78, 5) is 49.5. The van der Waals surface area contributed by atoms with Crippen molar-refractivity contribution in [2.75, 3.05) is 13.8 Å². The highest BCUT2D eigenvalue weighted by atomic mass is 16.5. The fraction of sp³-hybridized carbons (Fsp3) is 0.182. The predicted molar refractivity (Wildman–Crippen MR) is 108 cm³/mol. The third-order valence-corrected chi connectivity index (χ3v) is 4.47. The van der Waals surface area contributed by atoms with Gasteiger partial charge in [-0.1, -0.05) is 24.3 Å². The van der Waals surface area contributed by atoms with Crippen molar-refractivity contribution in [2.24, 2.45) is 0 Å². The highest BCUT2D eigenvalue weighted by Gasteiger charge is 2.36. The van der Waals surface area contributed by atoms with Crippen molar-refractivity contribution in [2.45, 2.75) is 13.0 Å². The molecule has 8 heteroatoms. The number of nitrogens with one attached hydrogen (secondary N) is 1. The maximum atomic E-state index is 12.3. The van der Waals surface area contributed by atoms with Crippen molar-refractivity contribution in [3.63, 3.8) is 0 Å². The summed E-state index contributed by atoms with van der Waals surface area (Å²) >= 11 is 0.